The van der Waals surface area contributed by atoms with Crippen LogP contribution in [0, 0.1) is 0 Å². The van der Waals surface area contributed by atoms with E-state index in [4.69, 9.17) is 5.73 Å². The first kappa shape index (κ1) is 12.2. The van der Waals surface area contributed by atoms with Gasteiger partial charge in [-0.05, 0) is 35.2 Å². The van der Waals surface area contributed by atoms with Crippen molar-refractivity contribution in [3.63, 3.8) is 0 Å². The van der Waals surface area contributed by atoms with Gasteiger partial charge in [0, 0.05) is 19.7 Å². The van der Waals surface area contributed by atoms with Gasteiger partial charge in [0.1, 0.15) is 11.6 Å². The Labute approximate surface area is 116 Å². The molecule has 0 spiro atoms. The lowest BCUT2D eigenvalue weighted by molar-refractivity contribution is 0.714. The molecule has 0 radical (unpaired) electrons. The van der Waals surface area contributed by atoms with Gasteiger partial charge < -0.3 is 16.0 Å². The number of rotatable bonds is 3. The summed E-state index contributed by atoms with van der Waals surface area (Å²) in [5.41, 5.74) is 7.15. The summed E-state index contributed by atoms with van der Waals surface area (Å²) < 4.78 is 0. The summed E-state index contributed by atoms with van der Waals surface area (Å²) in [6, 6.07) is 4.56. The maximum absolute atomic E-state index is 5.78. The number of nitrogens with two attached hydrogens (primary N) is 1. The van der Waals surface area contributed by atoms with Crippen molar-refractivity contribution in [3.05, 3.63) is 28.5 Å². The average Bonchev–Trinajstić information content (AvgIpc) is 3.08. The third-order valence-corrected chi connectivity index (χ3v) is 4.16. The summed E-state index contributed by atoms with van der Waals surface area (Å²) >= 11 is 1.74. The fraction of sp³-hybridized carbons (Fsp3) is 0.385. The molecule has 0 aliphatic carbocycles. The molecule has 2 aromatic rings. The molecule has 0 saturated carbocycles. The predicted molar refractivity (Wildman–Crippen MR) is 79.6 cm³/mol. The highest BCUT2D eigenvalue weighted by atomic mass is 32.1. The Morgan fingerprint density at radius 2 is 2.37 bits per heavy atom. The van der Waals surface area contributed by atoms with Crippen molar-refractivity contribution in [2.75, 3.05) is 29.5 Å². The van der Waals surface area contributed by atoms with E-state index < -0.39 is 0 Å². The van der Waals surface area contributed by atoms with Crippen LogP contribution in [0.5, 0.6) is 0 Å². The number of hydrogen-bond donors (Lipinski definition) is 2. The molecule has 19 heavy (non-hydrogen) atoms. The van der Waals surface area contributed by atoms with Crippen LogP contribution in [-0.2, 0) is 0 Å². The second-order valence-electron chi connectivity index (χ2n) is 4.63. The van der Waals surface area contributed by atoms with Gasteiger partial charge in [0.2, 0.25) is 5.95 Å². The molecule has 5 nitrogen and oxygen atoms in total. The van der Waals surface area contributed by atoms with Gasteiger partial charge in [0.05, 0.1) is 6.04 Å². The number of nitrogen functional groups attached to an aromatic ring is 1. The van der Waals surface area contributed by atoms with Gasteiger partial charge in [-0.3, -0.25) is 0 Å². The minimum absolute atomic E-state index is 0.317. The third-order valence-electron chi connectivity index (χ3n) is 3.46. The Hall–Kier alpha value is -1.82. The monoisotopic (exact) mass is 275 g/mol. The lowest BCUT2D eigenvalue weighted by Crippen LogP contribution is -2.24. The first-order chi connectivity index (χ1) is 9.28. The zero-order valence-corrected chi connectivity index (χ0v) is 11.7. The van der Waals surface area contributed by atoms with Gasteiger partial charge in [0.15, 0.2) is 0 Å². The molecular weight excluding hydrogens is 258 g/mol. The first-order valence-corrected chi connectivity index (χ1v) is 7.33. The number of aromatic nitrogens is 2. The third kappa shape index (κ3) is 2.35. The highest BCUT2D eigenvalue weighted by Crippen LogP contribution is 2.36. The SMILES string of the molecule is CNc1cc(N2CCCC2c2ccsc2)nc(N)n1. The number of nitrogens with zero attached hydrogens (tertiary/aromatic N) is 3. The van der Waals surface area contributed by atoms with Crippen LogP contribution in [0.3, 0.4) is 0 Å². The van der Waals surface area contributed by atoms with E-state index in [0.29, 0.717) is 12.0 Å². The molecule has 3 rings (SSSR count). The van der Waals surface area contributed by atoms with Crippen molar-refractivity contribution in [2.24, 2.45) is 0 Å². The van der Waals surface area contributed by atoms with E-state index >= 15 is 0 Å². The molecule has 0 amide bonds. The lowest BCUT2D eigenvalue weighted by Gasteiger charge is -2.25. The maximum atomic E-state index is 5.78. The fourth-order valence-electron chi connectivity index (χ4n) is 2.58. The normalized spacial score (nSPS) is 18.8. The smallest absolute Gasteiger partial charge is 0.223 e. The van der Waals surface area contributed by atoms with Crippen molar-refractivity contribution in [3.8, 4) is 0 Å². The fourth-order valence-corrected chi connectivity index (χ4v) is 3.29. The number of nitrogens with one attached hydrogen (secondary N) is 1. The molecule has 2 aromatic heterocycles. The van der Waals surface area contributed by atoms with E-state index in [-0.39, 0.29) is 0 Å². The van der Waals surface area contributed by atoms with Gasteiger partial charge in [-0.2, -0.15) is 21.3 Å². The predicted octanol–water partition coefficient (Wildman–Crippen LogP) is 2.50. The van der Waals surface area contributed by atoms with Crippen LogP contribution in [0.1, 0.15) is 24.4 Å². The van der Waals surface area contributed by atoms with Crippen molar-refractivity contribution in [1.82, 2.24) is 9.97 Å². The van der Waals surface area contributed by atoms with Crippen LogP contribution >= 0.6 is 11.3 Å². The van der Waals surface area contributed by atoms with Gasteiger partial charge >= 0.3 is 0 Å². The molecular formula is C13H17N5S. The van der Waals surface area contributed by atoms with Crippen LogP contribution in [-0.4, -0.2) is 23.6 Å². The van der Waals surface area contributed by atoms with E-state index in [1.54, 1.807) is 11.3 Å². The van der Waals surface area contributed by atoms with Crippen molar-refractivity contribution >= 4 is 28.9 Å². The molecule has 3 heterocycles. The Morgan fingerprint density at radius 1 is 1.47 bits per heavy atom. The summed E-state index contributed by atoms with van der Waals surface area (Å²) in [6.45, 7) is 1.01. The van der Waals surface area contributed by atoms with Crippen LogP contribution in [0.4, 0.5) is 17.6 Å². The van der Waals surface area contributed by atoms with Crippen LogP contribution in [0.2, 0.25) is 0 Å². The van der Waals surface area contributed by atoms with Crippen molar-refractivity contribution in [1.29, 1.82) is 0 Å². The van der Waals surface area contributed by atoms with E-state index in [1.807, 2.05) is 13.1 Å². The molecule has 1 unspecified atom stereocenters. The molecule has 0 bridgehead atoms. The van der Waals surface area contributed by atoms with Crippen LogP contribution < -0.4 is 16.0 Å². The Bertz CT molecular complexity index is 554. The summed E-state index contributed by atoms with van der Waals surface area (Å²) in [7, 11) is 1.84. The van der Waals surface area contributed by atoms with Gasteiger partial charge in [-0.1, -0.05) is 0 Å². The average molecular weight is 275 g/mol. The van der Waals surface area contributed by atoms with E-state index in [2.05, 4.69) is 37.0 Å². The largest absolute Gasteiger partial charge is 0.373 e. The second kappa shape index (κ2) is 5.05. The second-order valence-corrected chi connectivity index (χ2v) is 5.41. The highest BCUT2D eigenvalue weighted by Gasteiger charge is 2.27. The van der Waals surface area contributed by atoms with Gasteiger partial charge in [-0.25, -0.2) is 0 Å². The number of anilines is 3. The molecule has 100 valence electrons. The Morgan fingerprint density at radius 3 is 3.11 bits per heavy atom. The standard InChI is InChI=1S/C13H17N5S/c1-15-11-7-12(17-13(14)16-11)18-5-2-3-10(18)9-4-6-19-8-9/h4,6-8,10H,2-3,5H2,1H3,(H3,14,15,16,17). The minimum Gasteiger partial charge on any atom is -0.373 e. The van der Waals surface area contributed by atoms with Crippen LogP contribution in [0.25, 0.3) is 0 Å². The number of hydrogen-bond acceptors (Lipinski definition) is 6. The lowest BCUT2D eigenvalue weighted by atomic mass is 10.1. The zero-order chi connectivity index (χ0) is 13.2. The molecule has 1 fully saturated rings. The molecule has 1 aliphatic heterocycles. The van der Waals surface area contributed by atoms with E-state index in [0.717, 1.165) is 24.6 Å². The van der Waals surface area contributed by atoms with Crippen molar-refractivity contribution < 1.29 is 0 Å². The van der Waals surface area contributed by atoms with E-state index in [9.17, 15) is 0 Å². The summed E-state index contributed by atoms with van der Waals surface area (Å²) in [4.78, 5) is 10.8. The topological polar surface area (TPSA) is 67.1 Å². The first-order valence-electron chi connectivity index (χ1n) is 6.39. The van der Waals surface area contributed by atoms with Gasteiger partial charge in [-0.15, -0.1) is 0 Å². The summed E-state index contributed by atoms with van der Waals surface area (Å²) in [5, 5.41) is 7.36. The number of thiophene rings is 1. The molecule has 1 atom stereocenters. The quantitative estimate of drug-likeness (QED) is 0.901. The van der Waals surface area contributed by atoms with E-state index in [1.165, 1.54) is 12.0 Å². The molecule has 1 saturated heterocycles. The van der Waals surface area contributed by atoms with Crippen molar-refractivity contribution in [2.45, 2.75) is 18.9 Å². The summed E-state index contributed by atoms with van der Waals surface area (Å²) in [5.74, 6) is 1.99. The minimum atomic E-state index is 0.317. The molecule has 0 aromatic carbocycles. The summed E-state index contributed by atoms with van der Waals surface area (Å²) in [6.07, 6.45) is 2.34. The van der Waals surface area contributed by atoms with Gasteiger partial charge in [0.25, 0.3) is 0 Å². The highest BCUT2D eigenvalue weighted by molar-refractivity contribution is 7.08. The molecule has 3 N–H and O–H groups in total. The van der Waals surface area contributed by atoms with Crippen LogP contribution in [0.15, 0.2) is 22.9 Å². The Balaban J connectivity index is 1.94. The maximum Gasteiger partial charge on any atom is 0.223 e. The molecule has 1 aliphatic rings. The molecule has 6 heteroatoms. The zero-order valence-electron chi connectivity index (χ0n) is 10.8. The Kier molecular flexibility index (Phi) is 3.25.